The molecule has 0 spiro atoms. The van der Waals surface area contributed by atoms with E-state index in [9.17, 15) is 0 Å². The van der Waals surface area contributed by atoms with Crippen LogP contribution in [-0.2, 0) is 0 Å². The van der Waals surface area contributed by atoms with E-state index in [-0.39, 0.29) is 0 Å². The van der Waals surface area contributed by atoms with Gasteiger partial charge in [-0.2, -0.15) is 0 Å². The van der Waals surface area contributed by atoms with Crippen molar-refractivity contribution in [2.75, 3.05) is 11.9 Å². The first kappa shape index (κ1) is 11.5. The van der Waals surface area contributed by atoms with Gasteiger partial charge in [0, 0.05) is 11.4 Å². The van der Waals surface area contributed by atoms with Gasteiger partial charge in [0.2, 0.25) is 0 Å². The first-order chi connectivity index (χ1) is 7.65. The molecule has 0 saturated heterocycles. The van der Waals surface area contributed by atoms with Gasteiger partial charge >= 0.3 is 0 Å². The summed E-state index contributed by atoms with van der Waals surface area (Å²) in [6.45, 7) is 7.44. The van der Waals surface area contributed by atoms with Crippen LogP contribution < -0.4 is 5.32 Å². The van der Waals surface area contributed by atoms with Crippen LogP contribution >= 0.6 is 11.8 Å². The largest absolute Gasteiger partial charge is 0.334 e. The van der Waals surface area contributed by atoms with E-state index in [4.69, 9.17) is 0 Å². The van der Waals surface area contributed by atoms with Gasteiger partial charge < -0.3 is 5.32 Å². The molecule has 0 aromatic carbocycles. The van der Waals surface area contributed by atoms with Crippen molar-refractivity contribution in [3.8, 4) is 0 Å². The first-order valence-electron chi connectivity index (χ1n) is 5.55. The highest BCUT2D eigenvalue weighted by Crippen LogP contribution is 2.27. The highest BCUT2D eigenvalue weighted by Gasteiger charge is 2.22. The lowest BCUT2D eigenvalue weighted by Crippen LogP contribution is -2.13. The van der Waals surface area contributed by atoms with Gasteiger partial charge in [-0.05, 0) is 24.5 Å². The van der Waals surface area contributed by atoms with Gasteiger partial charge in [0.05, 0.1) is 18.4 Å². The lowest BCUT2D eigenvalue weighted by molar-refractivity contribution is 0.621. The number of aliphatic imine (C=N–C) groups is 1. The Morgan fingerprint density at radius 2 is 2.25 bits per heavy atom. The molecule has 1 unspecified atom stereocenters. The average molecular weight is 235 g/mol. The zero-order valence-electron chi connectivity index (χ0n) is 9.90. The van der Waals surface area contributed by atoms with Crippen molar-refractivity contribution in [3.05, 3.63) is 24.0 Å². The van der Waals surface area contributed by atoms with Crippen molar-refractivity contribution in [1.29, 1.82) is 0 Å². The molecule has 3 nitrogen and oxygen atoms in total. The lowest BCUT2D eigenvalue weighted by Gasteiger charge is -2.12. The number of aryl methyl sites for hydroxylation is 1. The minimum absolute atomic E-state index is 0.611. The number of nitrogens with zero attached hydrogens (tertiary/aromatic N) is 2. The number of hydrogen-bond acceptors (Lipinski definition) is 4. The summed E-state index contributed by atoms with van der Waals surface area (Å²) >= 11 is 1.83. The van der Waals surface area contributed by atoms with Crippen LogP contribution in [0.4, 0.5) is 5.69 Å². The van der Waals surface area contributed by atoms with E-state index in [0.717, 1.165) is 23.0 Å². The molecule has 1 aromatic heterocycles. The predicted octanol–water partition coefficient (Wildman–Crippen LogP) is 2.93. The Hall–Kier alpha value is -1.03. The Morgan fingerprint density at radius 3 is 2.88 bits per heavy atom. The van der Waals surface area contributed by atoms with Gasteiger partial charge in [-0.25, -0.2) is 0 Å². The molecule has 2 heterocycles. The lowest BCUT2D eigenvalue weighted by atomic mass is 10.1. The summed E-state index contributed by atoms with van der Waals surface area (Å²) < 4.78 is 0. The third-order valence-electron chi connectivity index (χ3n) is 2.55. The number of amidine groups is 1. The monoisotopic (exact) mass is 235 g/mol. The topological polar surface area (TPSA) is 37.3 Å². The number of hydrogen-bond donors (Lipinski definition) is 1. The molecule has 4 heteroatoms. The summed E-state index contributed by atoms with van der Waals surface area (Å²) in [4.78, 5) is 8.66. The minimum atomic E-state index is 0.611. The van der Waals surface area contributed by atoms with Crippen molar-refractivity contribution in [2.45, 2.75) is 26.0 Å². The second kappa shape index (κ2) is 4.87. The number of nitrogens with one attached hydrogen (secondary N) is 1. The second-order valence-corrected chi connectivity index (χ2v) is 5.65. The summed E-state index contributed by atoms with van der Waals surface area (Å²) in [5.74, 6) is 0.670. The molecule has 1 aliphatic rings. The number of thioether (sulfide) groups is 1. The van der Waals surface area contributed by atoms with Gasteiger partial charge in [0.25, 0.3) is 0 Å². The molecule has 0 amide bonds. The highest BCUT2D eigenvalue weighted by atomic mass is 32.2. The number of anilines is 1. The molecule has 86 valence electrons. The van der Waals surface area contributed by atoms with Gasteiger partial charge in [-0.15, -0.1) is 0 Å². The number of aromatic nitrogens is 1. The van der Waals surface area contributed by atoms with Crippen LogP contribution in [0.25, 0.3) is 0 Å². The van der Waals surface area contributed by atoms with Crippen LogP contribution in [0.3, 0.4) is 0 Å². The van der Waals surface area contributed by atoms with Crippen molar-refractivity contribution >= 4 is 22.6 Å². The molecule has 0 bridgehead atoms. The quantitative estimate of drug-likeness (QED) is 0.856. The van der Waals surface area contributed by atoms with Gasteiger partial charge in [-0.1, -0.05) is 25.6 Å². The normalized spacial score (nSPS) is 20.0. The first-order valence-corrected chi connectivity index (χ1v) is 6.43. The molecule has 1 atom stereocenters. The smallest absolute Gasteiger partial charge is 0.161 e. The van der Waals surface area contributed by atoms with Crippen LogP contribution in [0.1, 0.15) is 19.4 Å². The van der Waals surface area contributed by atoms with E-state index in [1.807, 2.05) is 31.1 Å². The van der Waals surface area contributed by atoms with E-state index in [0.29, 0.717) is 11.2 Å². The summed E-state index contributed by atoms with van der Waals surface area (Å²) in [7, 11) is 0. The average Bonchev–Trinajstić information content (AvgIpc) is 2.66. The molecular weight excluding hydrogens is 218 g/mol. The van der Waals surface area contributed by atoms with Crippen molar-refractivity contribution in [2.24, 2.45) is 10.9 Å². The molecule has 2 rings (SSSR count). The summed E-state index contributed by atoms with van der Waals surface area (Å²) in [6.07, 6.45) is 3.69. The Kier molecular flexibility index (Phi) is 3.49. The molecule has 0 radical (unpaired) electrons. The van der Waals surface area contributed by atoms with E-state index in [1.165, 1.54) is 0 Å². The van der Waals surface area contributed by atoms with E-state index >= 15 is 0 Å². The summed E-state index contributed by atoms with van der Waals surface area (Å²) in [5, 5.41) is 4.95. The Balaban J connectivity index is 1.97. The Labute approximate surface area is 101 Å². The fourth-order valence-corrected chi connectivity index (χ4v) is 2.59. The Bertz CT molecular complexity index is 401. The fraction of sp³-hybridized carbons (Fsp3) is 0.500. The minimum Gasteiger partial charge on any atom is -0.334 e. The number of rotatable bonds is 2. The van der Waals surface area contributed by atoms with Crippen molar-refractivity contribution < 1.29 is 0 Å². The standard InChI is InChI=1S/C12H17N3S/c1-8(2)11-7-14-12(16-11)15-10-4-9(3)5-13-6-10/h4-6,8,11H,7H2,1-3H3,(H,14,15). The van der Waals surface area contributed by atoms with Crippen LogP contribution in [0.2, 0.25) is 0 Å². The van der Waals surface area contributed by atoms with Crippen LogP contribution in [0.5, 0.6) is 0 Å². The molecule has 1 aromatic rings. The molecule has 1 aliphatic heterocycles. The zero-order valence-corrected chi connectivity index (χ0v) is 10.7. The van der Waals surface area contributed by atoms with Crippen LogP contribution in [-0.4, -0.2) is 21.9 Å². The van der Waals surface area contributed by atoms with Crippen molar-refractivity contribution in [1.82, 2.24) is 4.98 Å². The maximum absolute atomic E-state index is 4.50. The van der Waals surface area contributed by atoms with Gasteiger partial charge in [0.1, 0.15) is 0 Å². The maximum atomic E-state index is 4.50. The van der Waals surface area contributed by atoms with E-state index in [2.05, 4.69) is 35.2 Å². The third kappa shape index (κ3) is 2.76. The van der Waals surface area contributed by atoms with Crippen LogP contribution in [0.15, 0.2) is 23.5 Å². The third-order valence-corrected chi connectivity index (χ3v) is 4.00. The molecular formula is C12H17N3S. The van der Waals surface area contributed by atoms with E-state index in [1.54, 1.807) is 0 Å². The summed E-state index contributed by atoms with van der Waals surface area (Å²) in [6, 6.07) is 2.08. The fourth-order valence-electron chi connectivity index (χ4n) is 1.55. The van der Waals surface area contributed by atoms with Crippen LogP contribution in [0, 0.1) is 12.8 Å². The zero-order chi connectivity index (χ0) is 11.5. The SMILES string of the molecule is Cc1cncc(NC2=NCC(C(C)C)S2)c1. The predicted molar refractivity (Wildman–Crippen MR) is 71.1 cm³/mol. The molecule has 0 saturated carbocycles. The van der Waals surface area contributed by atoms with E-state index < -0.39 is 0 Å². The van der Waals surface area contributed by atoms with Crippen molar-refractivity contribution in [3.63, 3.8) is 0 Å². The second-order valence-electron chi connectivity index (χ2n) is 4.42. The molecule has 1 N–H and O–H groups in total. The maximum Gasteiger partial charge on any atom is 0.161 e. The highest BCUT2D eigenvalue weighted by molar-refractivity contribution is 8.15. The summed E-state index contributed by atoms with van der Waals surface area (Å²) in [5.41, 5.74) is 2.18. The molecule has 0 aliphatic carbocycles. The number of pyridine rings is 1. The molecule has 0 fully saturated rings. The molecule has 16 heavy (non-hydrogen) atoms. The Morgan fingerprint density at radius 1 is 1.44 bits per heavy atom. The van der Waals surface area contributed by atoms with Gasteiger partial charge in [0.15, 0.2) is 5.17 Å². The van der Waals surface area contributed by atoms with Gasteiger partial charge in [-0.3, -0.25) is 9.98 Å².